The van der Waals surface area contributed by atoms with Crippen molar-refractivity contribution in [2.75, 3.05) is 7.11 Å². The summed E-state index contributed by atoms with van der Waals surface area (Å²) in [5.41, 5.74) is -0.932. The molecule has 0 amide bonds. The first-order chi connectivity index (χ1) is 6.11. The largest absolute Gasteiger partial charge is 0.493 e. The van der Waals surface area contributed by atoms with Gasteiger partial charge in [0.1, 0.15) is 5.82 Å². The second kappa shape index (κ2) is 3.47. The van der Waals surface area contributed by atoms with Crippen LogP contribution in [0.1, 0.15) is 10.4 Å². The smallest absolute Gasteiger partial charge is 0.201 e. The van der Waals surface area contributed by atoms with E-state index in [1.807, 2.05) is 0 Å². The third-order valence-electron chi connectivity index (χ3n) is 1.50. The molecule has 0 aliphatic heterocycles. The van der Waals surface area contributed by atoms with Crippen molar-refractivity contribution in [2.24, 2.45) is 0 Å². The quantitative estimate of drug-likeness (QED) is 0.526. The second-order valence-corrected chi connectivity index (χ2v) is 2.22. The van der Waals surface area contributed by atoms with Crippen LogP contribution < -0.4 is 4.74 Å². The fourth-order valence-electron chi connectivity index (χ4n) is 0.844. The van der Waals surface area contributed by atoms with Gasteiger partial charge in [-0.3, -0.25) is 4.79 Å². The minimum atomic E-state index is -1.54. The van der Waals surface area contributed by atoms with E-state index < -0.39 is 28.8 Å². The summed E-state index contributed by atoms with van der Waals surface area (Å²) >= 11 is 0. The average Bonchev–Trinajstić information content (AvgIpc) is 2.12. The van der Waals surface area contributed by atoms with Gasteiger partial charge in [-0.1, -0.05) is 0 Å². The number of carbonyl (C=O) groups is 1. The highest BCUT2D eigenvalue weighted by molar-refractivity contribution is 5.76. The first-order valence-corrected chi connectivity index (χ1v) is 3.28. The SMILES string of the molecule is COc1cc(F)c(C=O)c(F)c1F. The Bertz CT molecular complexity index is 350. The summed E-state index contributed by atoms with van der Waals surface area (Å²) in [6.45, 7) is 0. The van der Waals surface area contributed by atoms with Crippen LogP contribution in [0.2, 0.25) is 0 Å². The number of methoxy groups -OCH3 is 1. The predicted molar refractivity (Wildman–Crippen MR) is 38.3 cm³/mol. The molecule has 0 aromatic heterocycles. The maximum Gasteiger partial charge on any atom is 0.201 e. The van der Waals surface area contributed by atoms with E-state index in [4.69, 9.17) is 0 Å². The molecule has 0 saturated heterocycles. The third kappa shape index (κ3) is 1.49. The topological polar surface area (TPSA) is 26.3 Å². The third-order valence-corrected chi connectivity index (χ3v) is 1.50. The van der Waals surface area contributed by atoms with Gasteiger partial charge in [0.25, 0.3) is 0 Å². The Hall–Kier alpha value is -1.52. The molecule has 0 saturated carbocycles. The van der Waals surface area contributed by atoms with Crippen LogP contribution in [0.4, 0.5) is 13.2 Å². The standard InChI is InChI=1S/C8H5F3O2/c1-13-6-2-5(9)4(3-12)7(10)8(6)11/h2-3H,1H3. The molecule has 0 heterocycles. The van der Waals surface area contributed by atoms with Crippen LogP contribution in [0.15, 0.2) is 6.07 Å². The lowest BCUT2D eigenvalue weighted by Crippen LogP contribution is -2.00. The monoisotopic (exact) mass is 190 g/mol. The molecule has 1 rings (SSSR count). The summed E-state index contributed by atoms with van der Waals surface area (Å²) < 4.78 is 42.7. The van der Waals surface area contributed by atoms with Gasteiger partial charge in [0.15, 0.2) is 17.9 Å². The zero-order valence-electron chi connectivity index (χ0n) is 6.61. The Morgan fingerprint density at radius 3 is 2.38 bits per heavy atom. The predicted octanol–water partition coefficient (Wildman–Crippen LogP) is 1.93. The van der Waals surface area contributed by atoms with Crippen molar-refractivity contribution in [3.05, 3.63) is 29.1 Å². The van der Waals surface area contributed by atoms with E-state index in [1.54, 1.807) is 0 Å². The van der Waals surface area contributed by atoms with E-state index in [-0.39, 0.29) is 6.29 Å². The maximum atomic E-state index is 12.8. The number of rotatable bonds is 2. The lowest BCUT2D eigenvalue weighted by Gasteiger charge is -2.04. The second-order valence-electron chi connectivity index (χ2n) is 2.22. The van der Waals surface area contributed by atoms with Gasteiger partial charge in [-0.2, -0.15) is 4.39 Å². The molecule has 0 aliphatic rings. The molecule has 13 heavy (non-hydrogen) atoms. The summed E-state index contributed by atoms with van der Waals surface area (Å²) in [7, 11) is 1.07. The normalized spacial score (nSPS) is 9.85. The van der Waals surface area contributed by atoms with Crippen molar-refractivity contribution in [2.45, 2.75) is 0 Å². The van der Waals surface area contributed by atoms with Gasteiger partial charge >= 0.3 is 0 Å². The molecular formula is C8H5F3O2. The summed E-state index contributed by atoms with van der Waals surface area (Å²) in [5, 5.41) is 0. The zero-order valence-corrected chi connectivity index (χ0v) is 6.61. The number of ether oxygens (including phenoxy) is 1. The van der Waals surface area contributed by atoms with Crippen molar-refractivity contribution in [3.63, 3.8) is 0 Å². The summed E-state index contributed by atoms with van der Waals surface area (Å²) in [4.78, 5) is 10.1. The highest BCUT2D eigenvalue weighted by Gasteiger charge is 2.18. The minimum absolute atomic E-state index is 0.0901. The van der Waals surface area contributed by atoms with E-state index in [1.165, 1.54) is 0 Å². The molecular weight excluding hydrogens is 185 g/mol. The van der Waals surface area contributed by atoms with E-state index in [2.05, 4.69) is 4.74 Å². The first-order valence-electron chi connectivity index (χ1n) is 3.28. The lowest BCUT2D eigenvalue weighted by atomic mass is 10.2. The molecule has 1 aromatic carbocycles. The molecule has 0 atom stereocenters. The number of aldehydes is 1. The van der Waals surface area contributed by atoms with Crippen LogP contribution in [0.25, 0.3) is 0 Å². The van der Waals surface area contributed by atoms with Gasteiger partial charge < -0.3 is 4.74 Å². The minimum Gasteiger partial charge on any atom is -0.493 e. The molecule has 1 aromatic rings. The molecule has 0 N–H and O–H groups in total. The van der Waals surface area contributed by atoms with Crippen molar-refractivity contribution in [1.82, 2.24) is 0 Å². The van der Waals surface area contributed by atoms with Crippen molar-refractivity contribution in [3.8, 4) is 5.75 Å². The van der Waals surface area contributed by atoms with Gasteiger partial charge in [-0.15, -0.1) is 0 Å². The summed E-state index contributed by atoms with van der Waals surface area (Å²) in [5.74, 6) is -4.62. The molecule has 0 radical (unpaired) electrons. The fourth-order valence-corrected chi connectivity index (χ4v) is 0.844. The fraction of sp³-hybridized carbons (Fsp3) is 0.125. The van der Waals surface area contributed by atoms with Gasteiger partial charge in [-0.25, -0.2) is 8.78 Å². The molecule has 0 unspecified atom stereocenters. The highest BCUT2D eigenvalue weighted by Crippen LogP contribution is 2.24. The Morgan fingerprint density at radius 1 is 1.31 bits per heavy atom. The van der Waals surface area contributed by atoms with Crippen LogP contribution in [-0.4, -0.2) is 13.4 Å². The lowest BCUT2D eigenvalue weighted by molar-refractivity contribution is 0.111. The van der Waals surface area contributed by atoms with Gasteiger partial charge in [0.05, 0.1) is 12.7 Å². The van der Waals surface area contributed by atoms with Crippen molar-refractivity contribution >= 4 is 6.29 Å². The van der Waals surface area contributed by atoms with E-state index in [9.17, 15) is 18.0 Å². The molecule has 0 spiro atoms. The van der Waals surface area contributed by atoms with Gasteiger partial charge in [-0.05, 0) is 0 Å². The molecule has 5 heteroatoms. The van der Waals surface area contributed by atoms with Gasteiger partial charge in [0, 0.05) is 6.07 Å². The highest BCUT2D eigenvalue weighted by atomic mass is 19.2. The molecule has 70 valence electrons. The molecule has 0 bridgehead atoms. The average molecular weight is 190 g/mol. The van der Waals surface area contributed by atoms with Crippen molar-refractivity contribution < 1.29 is 22.7 Å². The van der Waals surface area contributed by atoms with Crippen LogP contribution in [0.3, 0.4) is 0 Å². The first kappa shape index (κ1) is 9.57. The number of carbonyl (C=O) groups excluding carboxylic acids is 1. The molecule has 0 aliphatic carbocycles. The Kier molecular flexibility index (Phi) is 2.55. The van der Waals surface area contributed by atoms with Crippen LogP contribution in [0.5, 0.6) is 5.75 Å². The van der Waals surface area contributed by atoms with E-state index in [0.29, 0.717) is 6.07 Å². The number of hydrogen-bond acceptors (Lipinski definition) is 2. The van der Waals surface area contributed by atoms with Crippen LogP contribution in [0, 0.1) is 17.5 Å². The maximum absolute atomic E-state index is 12.8. The Balaban J connectivity index is 3.45. The van der Waals surface area contributed by atoms with Crippen LogP contribution >= 0.6 is 0 Å². The Labute approximate surface area is 71.9 Å². The van der Waals surface area contributed by atoms with E-state index >= 15 is 0 Å². The zero-order chi connectivity index (χ0) is 10.0. The number of halogens is 3. The molecule has 2 nitrogen and oxygen atoms in total. The van der Waals surface area contributed by atoms with Gasteiger partial charge in [0.2, 0.25) is 5.82 Å². The van der Waals surface area contributed by atoms with Crippen molar-refractivity contribution in [1.29, 1.82) is 0 Å². The van der Waals surface area contributed by atoms with Crippen LogP contribution in [-0.2, 0) is 0 Å². The van der Waals surface area contributed by atoms with E-state index in [0.717, 1.165) is 7.11 Å². The summed E-state index contributed by atoms with van der Waals surface area (Å²) in [6, 6.07) is 0.613. The Morgan fingerprint density at radius 2 is 1.92 bits per heavy atom. The number of benzene rings is 1. The summed E-state index contributed by atoms with van der Waals surface area (Å²) in [6.07, 6.45) is -0.0901. The molecule has 0 fully saturated rings. The number of hydrogen-bond donors (Lipinski definition) is 0.